The Labute approximate surface area is 176 Å². The van der Waals surface area contributed by atoms with E-state index in [9.17, 15) is 10.1 Å². The molecule has 0 radical (unpaired) electrons. The van der Waals surface area contributed by atoms with Gasteiger partial charge in [-0.2, -0.15) is 5.26 Å². The fraction of sp³-hybridized carbons (Fsp3) is 0.609. The Morgan fingerprint density at radius 3 is 3.03 bits per heavy atom. The second-order valence-corrected chi connectivity index (χ2v) is 9.48. The van der Waals surface area contributed by atoms with Gasteiger partial charge in [-0.1, -0.05) is 0 Å². The molecule has 5 rings (SSSR count). The summed E-state index contributed by atoms with van der Waals surface area (Å²) in [5.41, 5.74) is 1.91. The van der Waals surface area contributed by atoms with E-state index < -0.39 is 0 Å². The van der Waals surface area contributed by atoms with Gasteiger partial charge in [-0.15, -0.1) is 0 Å². The molecule has 1 aromatic carbocycles. The van der Waals surface area contributed by atoms with E-state index in [2.05, 4.69) is 22.5 Å². The van der Waals surface area contributed by atoms with Crippen molar-refractivity contribution in [3.63, 3.8) is 0 Å². The molecule has 1 saturated carbocycles. The SMILES string of the molecule is CC1(CN2C[C@@]3(CCC[C@H](Cn4cnc5ccc(C#N)cc54)C3)OC2=O)CCCO1. The lowest BCUT2D eigenvalue weighted by molar-refractivity contribution is -0.00120. The molecule has 158 valence electrons. The number of hydrogen-bond acceptors (Lipinski definition) is 5. The summed E-state index contributed by atoms with van der Waals surface area (Å²) in [7, 11) is 0. The van der Waals surface area contributed by atoms with Crippen LogP contribution in [0, 0.1) is 17.2 Å². The lowest BCUT2D eigenvalue weighted by Gasteiger charge is -2.36. The predicted molar refractivity (Wildman–Crippen MR) is 111 cm³/mol. The molecule has 30 heavy (non-hydrogen) atoms. The zero-order valence-corrected chi connectivity index (χ0v) is 17.5. The highest BCUT2D eigenvalue weighted by Crippen LogP contribution is 2.41. The van der Waals surface area contributed by atoms with Gasteiger partial charge in [0, 0.05) is 13.2 Å². The third-order valence-corrected chi connectivity index (χ3v) is 6.98. The van der Waals surface area contributed by atoms with Gasteiger partial charge in [-0.05, 0) is 69.6 Å². The molecule has 0 N–H and O–H groups in total. The van der Waals surface area contributed by atoms with Gasteiger partial charge < -0.3 is 18.9 Å². The van der Waals surface area contributed by atoms with Crippen LogP contribution in [0.3, 0.4) is 0 Å². The van der Waals surface area contributed by atoms with Gasteiger partial charge >= 0.3 is 6.09 Å². The summed E-state index contributed by atoms with van der Waals surface area (Å²) < 4.78 is 14.0. The normalized spacial score (nSPS) is 31.4. The van der Waals surface area contributed by atoms with E-state index in [0.29, 0.717) is 24.6 Å². The lowest BCUT2D eigenvalue weighted by atomic mass is 9.78. The minimum atomic E-state index is -0.386. The van der Waals surface area contributed by atoms with Gasteiger partial charge in [0.15, 0.2) is 0 Å². The van der Waals surface area contributed by atoms with Crippen LogP contribution in [0.2, 0.25) is 0 Å². The number of imidazole rings is 1. The van der Waals surface area contributed by atoms with Crippen molar-refractivity contribution in [1.82, 2.24) is 14.5 Å². The molecular weight excluding hydrogens is 380 g/mol. The largest absolute Gasteiger partial charge is 0.441 e. The zero-order valence-electron chi connectivity index (χ0n) is 17.5. The molecule has 1 amide bonds. The average Bonchev–Trinajstić information content (AvgIpc) is 3.40. The smallest absolute Gasteiger partial charge is 0.410 e. The van der Waals surface area contributed by atoms with E-state index >= 15 is 0 Å². The maximum Gasteiger partial charge on any atom is 0.410 e. The first-order valence-electron chi connectivity index (χ1n) is 10.9. The molecule has 2 saturated heterocycles. The number of hydrogen-bond donors (Lipinski definition) is 0. The van der Waals surface area contributed by atoms with E-state index in [1.165, 1.54) is 0 Å². The molecule has 1 unspecified atom stereocenters. The van der Waals surface area contributed by atoms with Crippen LogP contribution in [0.1, 0.15) is 51.0 Å². The summed E-state index contributed by atoms with van der Waals surface area (Å²) in [5.74, 6) is 0.410. The van der Waals surface area contributed by atoms with Crippen molar-refractivity contribution in [1.29, 1.82) is 5.26 Å². The number of nitriles is 1. The molecule has 3 atom stereocenters. The quantitative estimate of drug-likeness (QED) is 0.767. The van der Waals surface area contributed by atoms with Crippen molar-refractivity contribution < 1.29 is 14.3 Å². The Bertz CT molecular complexity index is 1000. The van der Waals surface area contributed by atoms with Gasteiger partial charge in [-0.3, -0.25) is 0 Å². The van der Waals surface area contributed by atoms with Crippen molar-refractivity contribution >= 4 is 17.1 Å². The molecule has 0 bridgehead atoms. The Morgan fingerprint density at radius 2 is 2.23 bits per heavy atom. The third-order valence-electron chi connectivity index (χ3n) is 6.98. The highest BCUT2D eigenvalue weighted by atomic mass is 16.6. The molecule has 3 heterocycles. The number of ether oxygens (including phenoxy) is 2. The number of aromatic nitrogens is 2. The molecule has 3 aliphatic rings. The van der Waals surface area contributed by atoms with Crippen LogP contribution in [0.4, 0.5) is 4.79 Å². The molecule has 2 aliphatic heterocycles. The summed E-state index contributed by atoms with van der Waals surface area (Å²) in [6, 6.07) is 7.81. The van der Waals surface area contributed by atoms with Crippen LogP contribution in [0.15, 0.2) is 24.5 Å². The van der Waals surface area contributed by atoms with Crippen LogP contribution in [-0.2, 0) is 16.0 Å². The van der Waals surface area contributed by atoms with Gasteiger partial charge in [0.25, 0.3) is 0 Å². The van der Waals surface area contributed by atoms with Crippen molar-refractivity contribution in [3.05, 3.63) is 30.1 Å². The Balaban J connectivity index is 1.29. The molecule has 3 fully saturated rings. The van der Waals surface area contributed by atoms with Crippen LogP contribution < -0.4 is 0 Å². The maximum atomic E-state index is 12.6. The van der Waals surface area contributed by atoms with Gasteiger partial charge in [0.05, 0.1) is 47.7 Å². The first-order valence-corrected chi connectivity index (χ1v) is 10.9. The van der Waals surface area contributed by atoms with E-state index in [-0.39, 0.29) is 17.3 Å². The topological polar surface area (TPSA) is 80.4 Å². The molecule has 1 aliphatic carbocycles. The average molecular weight is 409 g/mol. The maximum absolute atomic E-state index is 12.6. The van der Waals surface area contributed by atoms with Crippen molar-refractivity contribution in [2.45, 2.75) is 63.2 Å². The Morgan fingerprint density at radius 1 is 1.33 bits per heavy atom. The summed E-state index contributed by atoms with van der Waals surface area (Å²) in [6.07, 6.45) is 7.66. The molecule has 1 spiro atoms. The van der Waals surface area contributed by atoms with Crippen molar-refractivity contribution in [3.8, 4) is 6.07 Å². The van der Waals surface area contributed by atoms with Crippen molar-refractivity contribution in [2.75, 3.05) is 19.7 Å². The summed E-state index contributed by atoms with van der Waals surface area (Å²) >= 11 is 0. The highest BCUT2D eigenvalue weighted by molar-refractivity contribution is 5.77. The van der Waals surface area contributed by atoms with Crippen LogP contribution in [-0.4, -0.2) is 51.4 Å². The van der Waals surface area contributed by atoms with Crippen LogP contribution in [0.25, 0.3) is 11.0 Å². The van der Waals surface area contributed by atoms with E-state index in [4.69, 9.17) is 9.47 Å². The number of benzene rings is 1. The standard InChI is InChI=1S/C23H28N4O3/c1-22(7-3-9-29-22)14-27-15-23(30-21(27)28)8-2-4-18(11-23)13-26-16-25-19-6-5-17(12-24)10-20(19)26/h5-6,10,16,18H,2-4,7-9,11,13-15H2,1H3/t18-,22?,23-/m0/s1. The zero-order chi connectivity index (χ0) is 20.8. The minimum absolute atomic E-state index is 0.195. The van der Waals surface area contributed by atoms with Gasteiger partial charge in [-0.25, -0.2) is 9.78 Å². The first-order chi connectivity index (χ1) is 14.5. The summed E-state index contributed by atoms with van der Waals surface area (Å²) in [4.78, 5) is 19.0. The Hall–Kier alpha value is -2.59. The number of fused-ring (bicyclic) bond motifs is 1. The Kier molecular flexibility index (Phi) is 4.70. The fourth-order valence-corrected chi connectivity index (χ4v) is 5.57. The fourth-order valence-electron chi connectivity index (χ4n) is 5.57. The molecule has 1 aromatic heterocycles. The summed E-state index contributed by atoms with van der Waals surface area (Å²) in [6.45, 7) is 4.97. The van der Waals surface area contributed by atoms with Crippen LogP contribution >= 0.6 is 0 Å². The van der Waals surface area contributed by atoms with Gasteiger partial charge in [0.2, 0.25) is 0 Å². The van der Waals surface area contributed by atoms with E-state index in [0.717, 1.165) is 62.7 Å². The molecule has 7 nitrogen and oxygen atoms in total. The first kappa shape index (κ1) is 19.4. The third kappa shape index (κ3) is 3.54. The number of carbonyl (C=O) groups excluding carboxylic acids is 1. The number of carbonyl (C=O) groups is 1. The molecular formula is C23H28N4O3. The number of nitrogens with zero attached hydrogens (tertiary/aromatic N) is 4. The lowest BCUT2D eigenvalue weighted by Crippen LogP contribution is -2.44. The predicted octanol–water partition coefficient (Wildman–Crippen LogP) is 3.86. The molecule has 2 aromatic rings. The van der Waals surface area contributed by atoms with Crippen LogP contribution in [0.5, 0.6) is 0 Å². The minimum Gasteiger partial charge on any atom is -0.441 e. The second-order valence-electron chi connectivity index (χ2n) is 9.48. The number of amides is 1. The van der Waals surface area contributed by atoms with Gasteiger partial charge in [0.1, 0.15) is 5.60 Å². The number of rotatable bonds is 4. The van der Waals surface area contributed by atoms with Crippen molar-refractivity contribution in [2.24, 2.45) is 5.92 Å². The van der Waals surface area contributed by atoms with E-state index in [1.807, 2.05) is 23.4 Å². The molecule has 7 heteroatoms. The highest BCUT2D eigenvalue weighted by Gasteiger charge is 2.49. The second kappa shape index (κ2) is 7.28. The summed E-state index contributed by atoms with van der Waals surface area (Å²) in [5, 5.41) is 9.21. The van der Waals surface area contributed by atoms with E-state index in [1.54, 1.807) is 6.07 Å². The monoisotopic (exact) mass is 408 g/mol.